The van der Waals surface area contributed by atoms with Crippen LogP contribution >= 0.6 is 11.8 Å². The molecule has 0 aliphatic heterocycles. The van der Waals surface area contributed by atoms with Gasteiger partial charge in [-0.1, -0.05) is 66.4 Å². The lowest BCUT2D eigenvalue weighted by molar-refractivity contribution is -0.137. The fraction of sp³-hybridized carbons (Fsp3) is 0.0870. The normalized spacial score (nSPS) is 11.3. The summed E-state index contributed by atoms with van der Waals surface area (Å²) in [5.74, 6) is 0.131. The van der Waals surface area contributed by atoms with Gasteiger partial charge in [0.1, 0.15) is 0 Å². The minimum atomic E-state index is -4.48. The third-order valence-corrected chi connectivity index (χ3v) is 5.41. The van der Waals surface area contributed by atoms with E-state index in [0.29, 0.717) is 11.0 Å². The Labute approximate surface area is 186 Å². The number of aromatic nitrogens is 3. The number of benzene rings is 3. The van der Waals surface area contributed by atoms with Gasteiger partial charge in [-0.15, -0.1) is 10.2 Å². The average Bonchev–Trinajstić information content (AvgIpc) is 3.22. The zero-order valence-corrected chi connectivity index (χ0v) is 17.4. The number of rotatable bonds is 6. The highest BCUT2D eigenvalue weighted by Crippen LogP contribution is 2.31. The molecule has 0 unspecified atom stereocenters. The first-order chi connectivity index (χ1) is 15.4. The van der Waals surface area contributed by atoms with Crippen LogP contribution in [0.2, 0.25) is 0 Å². The third kappa shape index (κ3) is 5.00. The van der Waals surface area contributed by atoms with Gasteiger partial charge in [-0.2, -0.15) is 13.2 Å². The monoisotopic (exact) mass is 454 g/mol. The number of hydrogen-bond acceptors (Lipinski definition) is 4. The van der Waals surface area contributed by atoms with Crippen LogP contribution in [0.3, 0.4) is 0 Å². The predicted octanol–water partition coefficient (Wildman–Crippen LogP) is 5.68. The van der Waals surface area contributed by atoms with Gasteiger partial charge in [-0.25, -0.2) is 0 Å². The van der Waals surface area contributed by atoms with E-state index in [2.05, 4.69) is 15.5 Å². The number of alkyl halides is 3. The Kier molecular flexibility index (Phi) is 6.27. The molecule has 4 rings (SSSR count). The van der Waals surface area contributed by atoms with E-state index >= 15 is 0 Å². The molecule has 1 amide bonds. The molecule has 0 saturated heterocycles. The summed E-state index contributed by atoms with van der Waals surface area (Å²) in [5, 5.41) is 11.5. The number of nitrogens with one attached hydrogen (secondary N) is 1. The SMILES string of the molecule is O=C(CSc1nnc(-c2ccccc2)n1-c1ccccc1)Nc1cccc(C(F)(F)F)c1. The van der Waals surface area contributed by atoms with Crippen LogP contribution in [-0.4, -0.2) is 26.4 Å². The highest BCUT2D eigenvalue weighted by atomic mass is 32.2. The molecule has 0 radical (unpaired) electrons. The van der Waals surface area contributed by atoms with Crippen LogP contribution in [0.15, 0.2) is 90.1 Å². The van der Waals surface area contributed by atoms with Gasteiger partial charge in [0, 0.05) is 16.9 Å². The zero-order valence-electron chi connectivity index (χ0n) is 16.6. The molecule has 0 bridgehead atoms. The lowest BCUT2D eigenvalue weighted by Crippen LogP contribution is -2.15. The van der Waals surface area contributed by atoms with Crippen molar-refractivity contribution in [2.45, 2.75) is 11.3 Å². The summed E-state index contributed by atoms with van der Waals surface area (Å²) in [6.07, 6.45) is -4.48. The Hall–Kier alpha value is -3.59. The molecular weight excluding hydrogens is 437 g/mol. The van der Waals surface area contributed by atoms with Crippen LogP contribution < -0.4 is 5.32 Å². The van der Waals surface area contributed by atoms with E-state index in [9.17, 15) is 18.0 Å². The van der Waals surface area contributed by atoms with Crippen molar-refractivity contribution in [1.29, 1.82) is 0 Å². The Bertz CT molecular complexity index is 1210. The minimum absolute atomic E-state index is 0.0456. The molecule has 5 nitrogen and oxygen atoms in total. The van der Waals surface area contributed by atoms with Gasteiger partial charge in [0.2, 0.25) is 5.91 Å². The van der Waals surface area contributed by atoms with E-state index in [-0.39, 0.29) is 11.4 Å². The number of carbonyl (C=O) groups is 1. The topological polar surface area (TPSA) is 59.8 Å². The molecule has 1 heterocycles. The molecule has 0 atom stereocenters. The molecule has 3 aromatic carbocycles. The van der Waals surface area contributed by atoms with Crippen molar-refractivity contribution < 1.29 is 18.0 Å². The van der Waals surface area contributed by atoms with E-state index in [1.807, 2.05) is 65.2 Å². The molecule has 0 saturated carbocycles. The smallest absolute Gasteiger partial charge is 0.325 e. The Balaban J connectivity index is 1.54. The first kappa shape index (κ1) is 21.6. The third-order valence-electron chi connectivity index (χ3n) is 4.49. The van der Waals surface area contributed by atoms with Gasteiger partial charge in [0.05, 0.1) is 11.3 Å². The standard InChI is InChI=1S/C23H17F3N4OS/c24-23(25,26)17-10-7-11-18(14-17)27-20(31)15-32-22-29-28-21(16-8-3-1-4-9-16)30(22)19-12-5-2-6-13-19/h1-14H,15H2,(H,27,31). The number of halogens is 3. The number of nitrogens with zero attached hydrogens (tertiary/aromatic N) is 3. The van der Waals surface area contributed by atoms with E-state index in [0.717, 1.165) is 35.1 Å². The summed E-state index contributed by atoms with van der Waals surface area (Å²) >= 11 is 1.15. The molecule has 0 spiro atoms. The number of carbonyl (C=O) groups excluding carboxylic acids is 1. The molecule has 4 aromatic rings. The minimum Gasteiger partial charge on any atom is -0.325 e. The van der Waals surface area contributed by atoms with Gasteiger partial charge >= 0.3 is 6.18 Å². The number of anilines is 1. The van der Waals surface area contributed by atoms with Crippen LogP contribution in [0, 0.1) is 0 Å². The fourth-order valence-electron chi connectivity index (χ4n) is 3.05. The van der Waals surface area contributed by atoms with Gasteiger partial charge in [0.15, 0.2) is 11.0 Å². The summed E-state index contributed by atoms with van der Waals surface area (Å²) in [4.78, 5) is 12.4. The quantitative estimate of drug-likeness (QED) is 0.381. The zero-order chi connectivity index (χ0) is 22.6. The van der Waals surface area contributed by atoms with Crippen molar-refractivity contribution >= 4 is 23.4 Å². The fourth-order valence-corrected chi connectivity index (χ4v) is 3.80. The Morgan fingerprint density at radius 1 is 0.906 bits per heavy atom. The number of thioether (sulfide) groups is 1. The van der Waals surface area contributed by atoms with Gasteiger partial charge in [0.25, 0.3) is 0 Å². The molecule has 0 aliphatic carbocycles. The Morgan fingerprint density at radius 3 is 2.28 bits per heavy atom. The van der Waals surface area contributed by atoms with Crippen LogP contribution in [0.1, 0.15) is 5.56 Å². The lowest BCUT2D eigenvalue weighted by atomic mass is 10.2. The maximum atomic E-state index is 12.9. The van der Waals surface area contributed by atoms with Crippen molar-refractivity contribution in [3.05, 3.63) is 90.5 Å². The Morgan fingerprint density at radius 2 is 1.59 bits per heavy atom. The van der Waals surface area contributed by atoms with Crippen molar-refractivity contribution in [3.63, 3.8) is 0 Å². The molecular formula is C23H17F3N4OS. The van der Waals surface area contributed by atoms with Gasteiger partial charge in [-0.3, -0.25) is 9.36 Å². The summed E-state index contributed by atoms with van der Waals surface area (Å²) in [7, 11) is 0. The number of amides is 1. The molecule has 9 heteroatoms. The van der Waals surface area contributed by atoms with Crippen molar-refractivity contribution in [2.75, 3.05) is 11.1 Å². The lowest BCUT2D eigenvalue weighted by Gasteiger charge is -2.11. The molecule has 1 aromatic heterocycles. The molecule has 32 heavy (non-hydrogen) atoms. The van der Waals surface area contributed by atoms with E-state index in [4.69, 9.17) is 0 Å². The maximum Gasteiger partial charge on any atom is 0.416 e. The first-order valence-electron chi connectivity index (χ1n) is 9.58. The van der Waals surface area contributed by atoms with Gasteiger partial charge < -0.3 is 5.32 Å². The van der Waals surface area contributed by atoms with E-state index in [1.165, 1.54) is 12.1 Å². The van der Waals surface area contributed by atoms with E-state index < -0.39 is 17.6 Å². The molecule has 162 valence electrons. The highest BCUT2D eigenvalue weighted by molar-refractivity contribution is 7.99. The second-order valence-electron chi connectivity index (χ2n) is 6.76. The summed E-state index contributed by atoms with van der Waals surface area (Å²) in [6.45, 7) is 0. The average molecular weight is 454 g/mol. The number of para-hydroxylation sites is 1. The van der Waals surface area contributed by atoms with Crippen LogP contribution in [0.5, 0.6) is 0 Å². The molecule has 0 aliphatic rings. The van der Waals surface area contributed by atoms with Crippen molar-refractivity contribution in [3.8, 4) is 17.1 Å². The largest absolute Gasteiger partial charge is 0.416 e. The van der Waals surface area contributed by atoms with Crippen LogP contribution in [0.4, 0.5) is 18.9 Å². The second-order valence-corrected chi connectivity index (χ2v) is 7.70. The summed E-state index contributed by atoms with van der Waals surface area (Å²) in [6, 6.07) is 23.5. The van der Waals surface area contributed by atoms with Gasteiger partial charge in [-0.05, 0) is 30.3 Å². The molecule has 1 N–H and O–H groups in total. The van der Waals surface area contributed by atoms with E-state index in [1.54, 1.807) is 0 Å². The summed E-state index contributed by atoms with van der Waals surface area (Å²) in [5.41, 5.74) is 0.959. The van der Waals surface area contributed by atoms with Crippen molar-refractivity contribution in [1.82, 2.24) is 14.8 Å². The summed E-state index contributed by atoms with van der Waals surface area (Å²) < 4.78 is 40.5. The second kappa shape index (κ2) is 9.27. The van der Waals surface area contributed by atoms with Crippen LogP contribution in [0.25, 0.3) is 17.1 Å². The predicted molar refractivity (Wildman–Crippen MR) is 118 cm³/mol. The molecule has 0 fully saturated rings. The maximum absolute atomic E-state index is 12.9. The highest BCUT2D eigenvalue weighted by Gasteiger charge is 2.30. The van der Waals surface area contributed by atoms with Crippen LogP contribution in [-0.2, 0) is 11.0 Å². The first-order valence-corrected chi connectivity index (χ1v) is 10.6. The number of hydrogen-bond donors (Lipinski definition) is 1. The van der Waals surface area contributed by atoms with Crippen molar-refractivity contribution in [2.24, 2.45) is 0 Å².